The van der Waals surface area contributed by atoms with E-state index in [2.05, 4.69) is 38.2 Å². The molecule has 1 amide bonds. The van der Waals surface area contributed by atoms with E-state index in [0.717, 1.165) is 28.1 Å². The van der Waals surface area contributed by atoms with Gasteiger partial charge in [-0.2, -0.15) is 0 Å². The van der Waals surface area contributed by atoms with E-state index in [1.807, 2.05) is 41.0 Å². The Morgan fingerprint density at radius 2 is 1.91 bits per heavy atom. The maximum Gasteiger partial charge on any atom is 0.257 e. The van der Waals surface area contributed by atoms with E-state index in [9.17, 15) is 9.59 Å². The summed E-state index contributed by atoms with van der Waals surface area (Å²) in [4.78, 5) is 29.3. The Morgan fingerprint density at radius 3 is 2.60 bits per heavy atom. The minimum absolute atomic E-state index is 0.0259. The number of hydrogen-bond acceptors (Lipinski definition) is 4. The number of carbonyl (C=O) groups is 1. The van der Waals surface area contributed by atoms with E-state index in [-0.39, 0.29) is 33.8 Å². The fraction of sp³-hybridized carbons (Fsp3) is 0.448. The lowest BCUT2D eigenvalue weighted by Crippen LogP contribution is -2.53. The number of hydrogen-bond donors (Lipinski definition) is 1. The molecule has 2 aromatic carbocycles. The molecule has 0 spiro atoms. The third kappa shape index (κ3) is 4.31. The molecule has 2 aliphatic carbocycles. The van der Waals surface area contributed by atoms with Crippen molar-refractivity contribution < 1.29 is 9.53 Å². The Kier molecular flexibility index (Phi) is 6.30. The Hall–Kier alpha value is -2.57. The van der Waals surface area contributed by atoms with E-state index < -0.39 is 0 Å². The van der Waals surface area contributed by atoms with Gasteiger partial charge in [0.1, 0.15) is 5.56 Å². The van der Waals surface area contributed by atoms with Gasteiger partial charge in [0.25, 0.3) is 5.91 Å². The number of carbonyl (C=O) groups excluding carboxylic acids is 1. The normalized spacial score (nSPS) is 24.7. The van der Waals surface area contributed by atoms with E-state index in [0.29, 0.717) is 24.5 Å². The summed E-state index contributed by atoms with van der Waals surface area (Å²) in [5, 5.41) is 3.86. The summed E-state index contributed by atoms with van der Waals surface area (Å²) >= 11 is 1.65. The van der Waals surface area contributed by atoms with Crippen LogP contribution in [0.15, 0.2) is 69.3 Å². The van der Waals surface area contributed by atoms with Gasteiger partial charge in [-0.15, -0.1) is 0 Å². The van der Waals surface area contributed by atoms with Gasteiger partial charge >= 0.3 is 0 Å². The van der Waals surface area contributed by atoms with Crippen molar-refractivity contribution in [1.29, 1.82) is 0 Å². The number of rotatable bonds is 7. The minimum Gasteiger partial charge on any atom is -0.383 e. The maximum absolute atomic E-state index is 13.5. The van der Waals surface area contributed by atoms with Gasteiger partial charge in [0.05, 0.1) is 12.1 Å². The largest absolute Gasteiger partial charge is 0.383 e. The molecular formula is C29H34N2O3S. The Morgan fingerprint density at radius 1 is 1.14 bits per heavy atom. The van der Waals surface area contributed by atoms with Crippen LogP contribution in [0.2, 0.25) is 0 Å². The van der Waals surface area contributed by atoms with E-state index in [1.165, 1.54) is 6.42 Å². The molecule has 0 saturated heterocycles. The van der Waals surface area contributed by atoms with Gasteiger partial charge in [-0.25, -0.2) is 0 Å². The SMILES string of the molecule is COCCn1cc(C(=O)N[C@@H]2C(C)(C)C3CC[C@]2(C)C3)c(=O)c2ccc(Sc3ccccc3)cc21. The molecule has 0 radical (unpaired) electrons. The van der Waals surface area contributed by atoms with Crippen LogP contribution in [0.1, 0.15) is 50.4 Å². The molecule has 184 valence electrons. The zero-order valence-corrected chi connectivity index (χ0v) is 21.8. The van der Waals surface area contributed by atoms with Crippen LogP contribution in [-0.4, -0.2) is 30.2 Å². The molecule has 2 saturated carbocycles. The van der Waals surface area contributed by atoms with Crippen LogP contribution in [0.3, 0.4) is 0 Å². The fourth-order valence-corrected chi connectivity index (χ4v) is 7.34. The number of nitrogens with one attached hydrogen (secondary N) is 1. The van der Waals surface area contributed by atoms with Crippen molar-refractivity contribution in [2.75, 3.05) is 13.7 Å². The molecule has 0 aliphatic heterocycles. The van der Waals surface area contributed by atoms with Crippen molar-refractivity contribution in [3.05, 3.63) is 70.5 Å². The number of ether oxygens (including phenoxy) is 1. The minimum atomic E-state index is -0.266. The van der Waals surface area contributed by atoms with Gasteiger partial charge in [-0.1, -0.05) is 50.7 Å². The molecule has 3 aromatic rings. The summed E-state index contributed by atoms with van der Waals surface area (Å²) in [6.07, 6.45) is 5.21. The molecule has 35 heavy (non-hydrogen) atoms. The first kappa shape index (κ1) is 24.1. The first-order valence-electron chi connectivity index (χ1n) is 12.4. The molecular weight excluding hydrogens is 456 g/mol. The number of amides is 1. The Labute approximate surface area is 211 Å². The molecule has 2 aliphatic rings. The second-order valence-electron chi connectivity index (χ2n) is 11.0. The molecule has 1 aromatic heterocycles. The summed E-state index contributed by atoms with van der Waals surface area (Å²) in [5.74, 6) is 0.353. The van der Waals surface area contributed by atoms with E-state index in [1.54, 1.807) is 25.1 Å². The molecule has 5 nitrogen and oxygen atoms in total. The molecule has 2 bridgehead atoms. The lowest BCUT2D eigenvalue weighted by atomic mass is 9.68. The smallest absolute Gasteiger partial charge is 0.257 e. The zero-order chi connectivity index (χ0) is 24.8. The first-order chi connectivity index (χ1) is 16.7. The van der Waals surface area contributed by atoms with Crippen LogP contribution >= 0.6 is 11.8 Å². The van der Waals surface area contributed by atoms with Crippen LogP contribution in [0.4, 0.5) is 0 Å². The Balaban J connectivity index is 1.51. The predicted molar refractivity (Wildman–Crippen MR) is 141 cm³/mol. The van der Waals surface area contributed by atoms with Crippen molar-refractivity contribution in [3.63, 3.8) is 0 Å². The molecule has 6 heteroatoms. The summed E-state index contributed by atoms with van der Waals surface area (Å²) < 4.78 is 7.31. The molecule has 2 fully saturated rings. The van der Waals surface area contributed by atoms with Gasteiger partial charge in [-0.3, -0.25) is 9.59 Å². The monoisotopic (exact) mass is 490 g/mol. The quantitative estimate of drug-likeness (QED) is 0.459. The van der Waals surface area contributed by atoms with Crippen molar-refractivity contribution in [2.24, 2.45) is 16.7 Å². The summed E-state index contributed by atoms with van der Waals surface area (Å²) in [5.41, 5.74) is 0.932. The molecule has 1 N–H and O–H groups in total. The number of benzene rings is 2. The molecule has 1 heterocycles. The van der Waals surface area contributed by atoms with Crippen LogP contribution in [0, 0.1) is 16.7 Å². The summed E-state index contributed by atoms with van der Waals surface area (Å²) in [6, 6.07) is 16.1. The van der Waals surface area contributed by atoms with Crippen LogP contribution < -0.4 is 10.7 Å². The number of aromatic nitrogens is 1. The number of methoxy groups -OCH3 is 1. The molecule has 1 unspecified atom stereocenters. The molecule has 5 rings (SSSR count). The Bertz CT molecular complexity index is 1310. The highest BCUT2D eigenvalue weighted by atomic mass is 32.2. The highest BCUT2D eigenvalue weighted by Gasteiger charge is 2.59. The van der Waals surface area contributed by atoms with Gasteiger partial charge in [0.15, 0.2) is 0 Å². The average Bonchev–Trinajstić information content (AvgIpc) is 3.33. The number of nitrogens with zero attached hydrogens (tertiary/aromatic N) is 1. The zero-order valence-electron chi connectivity index (χ0n) is 21.0. The van der Waals surface area contributed by atoms with Gasteiger partial charge in [0, 0.05) is 41.1 Å². The number of fused-ring (bicyclic) bond motifs is 3. The highest BCUT2D eigenvalue weighted by Crippen LogP contribution is 2.62. The fourth-order valence-electron chi connectivity index (χ4n) is 6.47. The van der Waals surface area contributed by atoms with Gasteiger partial charge in [0.2, 0.25) is 5.43 Å². The van der Waals surface area contributed by atoms with Crippen molar-refractivity contribution in [3.8, 4) is 0 Å². The summed E-state index contributed by atoms with van der Waals surface area (Å²) in [6.45, 7) is 7.86. The van der Waals surface area contributed by atoms with Crippen molar-refractivity contribution in [2.45, 2.75) is 62.4 Å². The summed E-state index contributed by atoms with van der Waals surface area (Å²) in [7, 11) is 1.66. The molecule has 3 atom stereocenters. The lowest BCUT2D eigenvalue weighted by Gasteiger charge is -2.43. The van der Waals surface area contributed by atoms with Crippen LogP contribution in [-0.2, 0) is 11.3 Å². The lowest BCUT2D eigenvalue weighted by molar-refractivity contribution is 0.0736. The van der Waals surface area contributed by atoms with Gasteiger partial charge in [-0.05, 0) is 66.3 Å². The maximum atomic E-state index is 13.5. The van der Waals surface area contributed by atoms with E-state index >= 15 is 0 Å². The van der Waals surface area contributed by atoms with Crippen molar-refractivity contribution in [1.82, 2.24) is 9.88 Å². The second kappa shape index (κ2) is 9.14. The second-order valence-corrected chi connectivity index (χ2v) is 12.1. The van der Waals surface area contributed by atoms with Gasteiger partial charge < -0.3 is 14.6 Å². The highest BCUT2D eigenvalue weighted by molar-refractivity contribution is 7.99. The predicted octanol–water partition coefficient (Wildman–Crippen LogP) is 5.74. The number of pyridine rings is 1. The van der Waals surface area contributed by atoms with E-state index in [4.69, 9.17) is 4.74 Å². The van der Waals surface area contributed by atoms with Crippen LogP contribution in [0.25, 0.3) is 10.9 Å². The average molecular weight is 491 g/mol. The van der Waals surface area contributed by atoms with Crippen LogP contribution in [0.5, 0.6) is 0 Å². The third-order valence-corrected chi connectivity index (χ3v) is 9.36. The third-order valence-electron chi connectivity index (χ3n) is 8.36. The first-order valence-corrected chi connectivity index (χ1v) is 13.2. The topological polar surface area (TPSA) is 60.3 Å². The van der Waals surface area contributed by atoms with Crippen molar-refractivity contribution >= 4 is 28.6 Å². The standard InChI is InChI=1S/C29H34N2O3S/c1-28(2)19-12-13-29(3,17-19)27(28)30-26(33)23-18-31(14-15-34-4)24-16-21(10-11-22(24)25(23)32)35-20-8-6-5-7-9-20/h5-11,16,18-19,27H,12-15,17H2,1-4H3,(H,30,33)/t19?,27-,29-/m1/s1.